The van der Waals surface area contributed by atoms with Crippen LogP contribution in [0.15, 0.2) is 0 Å². The van der Waals surface area contributed by atoms with Crippen molar-refractivity contribution in [2.75, 3.05) is 0 Å². The van der Waals surface area contributed by atoms with Crippen molar-refractivity contribution in [2.24, 2.45) is 0 Å². The molecule has 0 bridgehead atoms. The van der Waals surface area contributed by atoms with E-state index in [1.54, 1.807) is 0 Å². The van der Waals surface area contributed by atoms with Crippen molar-refractivity contribution in [3.63, 3.8) is 0 Å². The second-order valence-electron chi connectivity index (χ2n) is 0.100. The fourth-order valence-electron chi connectivity index (χ4n) is 0. The van der Waals surface area contributed by atoms with Gasteiger partial charge in [0, 0.05) is 0 Å². The minimum absolute atomic E-state index is 0. The van der Waals surface area contributed by atoms with Crippen LogP contribution < -0.4 is 0 Å². The molecule has 0 rings (SSSR count). The first-order chi connectivity index (χ1) is 1.41. The molecule has 0 atom stereocenters. The van der Waals surface area contributed by atoms with Crippen molar-refractivity contribution < 1.29 is 9.79 Å². The van der Waals surface area contributed by atoms with Gasteiger partial charge in [0.05, 0.1) is 0 Å². The van der Waals surface area contributed by atoms with Crippen LogP contribution >= 0.6 is 9.03 Å². The molecule has 0 unspecified atom stereocenters. The molecule has 0 aromatic rings. The molecule has 0 aliphatic heterocycles. The Morgan fingerprint density at radius 2 is 1.25 bits per heavy atom. The van der Waals surface area contributed by atoms with Crippen LogP contribution in [0.5, 0.6) is 0 Å². The van der Waals surface area contributed by atoms with Crippen molar-refractivity contribution >= 4 is 27.9 Å². The Balaban J connectivity index is 0. The summed E-state index contributed by atoms with van der Waals surface area (Å²) in [5.41, 5.74) is 0. The fraction of sp³-hybridized carbons (Fsp3) is 0. The molecule has 0 aliphatic carbocycles. The maximum absolute atomic E-state index is 7.15. The van der Waals surface area contributed by atoms with E-state index in [-0.39, 0.29) is 18.9 Å². The minimum atomic E-state index is -0.917. The quantitative estimate of drug-likeness (QED) is 0.281. The molecule has 4 heavy (non-hydrogen) atoms. The molecule has 0 radical (unpaired) electrons. The second-order valence-corrected chi connectivity index (χ2v) is 0.300. The first-order valence-electron chi connectivity index (χ1n) is 0.447. The van der Waals surface area contributed by atoms with Gasteiger partial charge in [0.1, 0.15) is 9.03 Å². The van der Waals surface area contributed by atoms with E-state index >= 15 is 0 Å². The zero-order valence-electron chi connectivity index (χ0n) is 1.39. The molecular weight excluding hydrogens is 69.9 g/mol. The normalized spacial score (nSPS) is 4.50. The number of hydrogen-bond donors (Lipinski definition) is 2. The van der Waals surface area contributed by atoms with E-state index in [0.29, 0.717) is 0 Å². The van der Waals surface area contributed by atoms with Gasteiger partial charge in [-0.15, -0.1) is 0 Å². The molecule has 0 amide bonds. The Morgan fingerprint density at radius 1 is 1.25 bits per heavy atom. The third kappa shape index (κ3) is 12.5. The van der Waals surface area contributed by atoms with Crippen molar-refractivity contribution in [3.8, 4) is 0 Å². The average molecular weight is 73.9 g/mol. The standard InChI is InChI=1S/Li.H3O2P.H/c;1-3-2;/h;1-3H;. The van der Waals surface area contributed by atoms with Gasteiger partial charge in [-0.2, -0.15) is 0 Å². The topological polar surface area (TPSA) is 40.5 Å². The van der Waals surface area contributed by atoms with E-state index in [0.717, 1.165) is 0 Å². The molecular formula is H4LiO2P. The van der Waals surface area contributed by atoms with Crippen LogP contribution in [-0.4, -0.2) is 28.6 Å². The number of hydrogen-bond acceptors (Lipinski definition) is 2. The Morgan fingerprint density at radius 3 is 1.25 bits per heavy atom. The van der Waals surface area contributed by atoms with Crippen LogP contribution in [0.3, 0.4) is 0 Å². The third-order valence-electron chi connectivity index (χ3n) is 0. The van der Waals surface area contributed by atoms with Crippen LogP contribution in [0, 0.1) is 0 Å². The van der Waals surface area contributed by atoms with Gasteiger partial charge in [-0.3, -0.25) is 0 Å². The number of rotatable bonds is 0. The van der Waals surface area contributed by atoms with E-state index in [2.05, 4.69) is 0 Å². The Hall–Kier alpha value is 0.947. The van der Waals surface area contributed by atoms with Crippen LogP contribution in [0.2, 0.25) is 0 Å². The van der Waals surface area contributed by atoms with Gasteiger partial charge in [-0.1, -0.05) is 0 Å². The van der Waals surface area contributed by atoms with E-state index in [4.69, 9.17) is 9.79 Å². The van der Waals surface area contributed by atoms with E-state index < -0.39 is 9.03 Å². The molecule has 0 aliphatic rings. The Kier molecular flexibility index (Phi) is 20.1. The van der Waals surface area contributed by atoms with E-state index in [1.807, 2.05) is 0 Å². The molecule has 0 heterocycles. The first kappa shape index (κ1) is 8.87. The summed E-state index contributed by atoms with van der Waals surface area (Å²) in [6.45, 7) is 0. The van der Waals surface area contributed by atoms with Gasteiger partial charge in [-0.25, -0.2) is 0 Å². The van der Waals surface area contributed by atoms with Gasteiger partial charge < -0.3 is 9.79 Å². The predicted octanol–water partition coefficient (Wildman–Crippen LogP) is -1.17. The van der Waals surface area contributed by atoms with Crippen molar-refractivity contribution in [2.45, 2.75) is 0 Å². The summed E-state index contributed by atoms with van der Waals surface area (Å²) in [7, 11) is -0.917. The second kappa shape index (κ2) is 9.04. The summed E-state index contributed by atoms with van der Waals surface area (Å²) >= 11 is 0. The molecule has 0 saturated carbocycles. The van der Waals surface area contributed by atoms with Crippen molar-refractivity contribution in [3.05, 3.63) is 0 Å². The Bertz CT molecular complexity index is 6.00. The molecule has 22 valence electrons. The summed E-state index contributed by atoms with van der Waals surface area (Å²) in [5.74, 6) is 0. The molecule has 2 nitrogen and oxygen atoms in total. The SMILES string of the molecule is OPO.[LiH]. The molecule has 0 aromatic heterocycles. The van der Waals surface area contributed by atoms with Crippen LogP contribution in [0.1, 0.15) is 0 Å². The van der Waals surface area contributed by atoms with Crippen LogP contribution in [-0.2, 0) is 0 Å². The van der Waals surface area contributed by atoms with E-state index in [1.165, 1.54) is 0 Å². The summed E-state index contributed by atoms with van der Waals surface area (Å²) in [4.78, 5) is 14.3. The van der Waals surface area contributed by atoms with Gasteiger partial charge in [-0.05, 0) is 0 Å². The molecule has 4 heteroatoms. The first-order valence-corrected chi connectivity index (χ1v) is 1.34. The van der Waals surface area contributed by atoms with Gasteiger partial charge in [0.2, 0.25) is 0 Å². The third-order valence-corrected chi connectivity index (χ3v) is 0. The fourth-order valence-corrected chi connectivity index (χ4v) is 0. The van der Waals surface area contributed by atoms with E-state index in [9.17, 15) is 0 Å². The summed E-state index contributed by atoms with van der Waals surface area (Å²) in [6.07, 6.45) is 0. The average Bonchev–Trinajstić information content (AvgIpc) is 0.918. The van der Waals surface area contributed by atoms with Gasteiger partial charge in [0.15, 0.2) is 0 Å². The van der Waals surface area contributed by atoms with Gasteiger partial charge in [0.25, 0.3) is 0 Å². The van der Waals surface area contributed by atoms with Crippen molar-refractivity contribution in [1.29, 1.82) is 0 Å². The molecule has 0 fully saturated rings. The maximum atomic E-state index is 7.15. The summed E-state index contributed by atoms with van der Waals surface area (Å²) in [5, 5.41) is 0. The molecule has 2 N–H and O–H groups in total. The van der Waals surface area contributed by atoms with Crippen LogP contribution in [0.4, 0.5) is 0 Å². The summed E-state index contributed by atoms with van der Waals surface area (Å²) in [6, 6.07) is 0. The van der Waals surface area contributed by atoms with Crippen molar-refractivity contribution in [1.82, 2.24) is 0 Å². The van der Waals surface area contributed by atoms with Gasteiger partial charge >= 0.3 is 18.9 Å². The summed E-state index contributed by atoms with van der Waals surface area (Å²) < 4.78 is 0. The predicted molar refractivity (Wildman–Crippen MR) is 19.9 cm³/mol. The van der Waals surface area contributed by atoms with Crippen LogP contribution in [0.25, 0.3) is 0 Å². The Labute approximate surface area is 38.3 Å². The zero-order valence-corrected chi connectivity index (χ0v) is 2.39. The zero-order chi connectivity index (χ0) is 2.71. The molecule has 0 saturated heterocycles. The molecule has 0 spiro atoms. The molecule has 0 aromatic carbocycles. The monoisotopic (exact) mass is 74.0 g/mol.